The van der Waals surface area contributed by atoms with E-state index in [0.29, 0.717) is 0 Å². The molecule has 1 aromatic carbocycles. The van der Waals surface area contributed by atoms with Gasteiger partial charge in [0.1, 0.15) is 0 Å². The molecule has 96 valence electrons. The highest BCUT2D eigenvalue weighted by atomic mass is 79.9. The molecule has 0 spiro atoms. The minimum absolute atomic E-state index is 0.0239. The summed E-state index contributed by atoms with van der Waals surface area (Å²) in [5, 5.41) is 2.76. The standard InChI is InChI=1S/C12H13BrN2O2S/c1-8-11(9-3-5-10(13)6-4-9)7-14-12(15-8)18(2,16)17/h3-8H,1-2H3,(H,14,15). The van der Waals surface area contributed by atoms with E-state index < -0.39 is 9.84 Å². The molecule has 1 heterocycles. The van der Waals surface area contributed by atoms with Gasteiger partial charge >= 0.3 is 0 Å². The van der Waals surface area contributed by atoms with E-state index in [9.17, 15) is 8.42 Å². The number of sulfone groups is 1. The number of rotatable bonds is 1. The predicted molar refractivity (Wildman–Crippen MR) is 77.0 cm³/mol. The van der Waals surface area contributed by atoms with Crippen molar-refractivity contribution in [1.29, 1.82) is 0 Å². The summed E-state index contributed by atoms with van der Waals surface area (Å²) in [6, 6.07) is 7.64. The third-order valence-electron chi connectivity index (χ3n) is 2.64. The molecule has 1 unspecified atom stereocenters. The van der Waals surface area contributed by atoms with Crippen LogP contribution in [-0.4, -0.2) is 25.9 Å². The van der Waals surface area contributed by atoms with Gasteiger partial charge in [-0.15, -0.1) is 0 Å². The molecule has 1 aliphatic rings. The summed E-state index contributed by atoms with van der Waals surface area (Å²) in [7, 11) is -3.28. The fourth-order valence-electron chi connectivity index (χ4n) is 1.71. The average molecular weight is 329 g/mol. The van der Waals surface area contributed by atoms with Gasteiger partial charge in [0.05, 0.1) is 6.04 Å². The Labute approximate surface area is 115 Å². The van der Waals surface area contributed by atoms with Gasteiger partial charge in [0, 0.05) is 16.9 Å². The third kappa shape index (κ3) is 2.81. The van der Waals surface area contributed by atoms with E-state index in [1.54, 1.807) is 6.20 Å². The number of amidine groups is 1. The summed E-state index contributed by atoms with van der Waals surface area (Å²) in [6.07, 6.45) is 2.85. The lowest BCUT2D eigenvalue weighted by atomic mass is 10.0. The first-order valence-electron chi connectivity index (χ1n) is 5.38. The number of benzene rings is 1. The van der Waals surface area contributed by atoms with Crippen LogP contribution in [0.25, 0.3) is 5.57 Å². The van der Waals surface area contributed by atoms with Gasteiger partial charge in [-0.25, -0.2) is 8.42 Å². The summed E-state index contributed by atoms with van der Waals surface area (Å²) in [6.45, 7) is 1.87. The Balaban J connectivity index is 2.30. The van der Waals surface area contributed by atoms with Crippen LogP contribution in [0.3, 0.4) is 0 Å². The Morgan fingerprint density at radius 1 is 1.28 bits per heavy atom. The summed E-state index contributed by atoms with van der Waals surface area (Å²) in [4.78, 5) is 4.17. The Kier molecular flexibility index (Phi) is 3.59. The molecule has 1 aliphatic heterocycles. The molecule has 2 rings (SSSR count). The van der Waals surface area contributed by atoms with E-state index in [1.807, 2.05) is 31.2 Å². The molecule has 0 aliphatic carbocycles. The van der Waals surface area contributed by atoms with E-state index in [-0.39, 0.29) is 11.2 Å². The first-order valence-corrected chi connectivity index (χ1v) is 8.07. The molecule has 6 heteroatoms. The number of hydrogen-bond acceptors (Lipinski definition) is 4. The van der Waals surface area contributed by atoms with Crippen LogP contribution in [0.5, 0.6) is 0 Å². The highest BCUT2D eigenvalue weighted by Gasteiger charge is 2.21. The lowest BCUT2D eigenvalue weighted by Crippen LogP contribution is -2.32. The normalized spacial score (nSPS) is 19.8. The molecule has 1 atom stereocenters. The summed E-state index contributed by atoms with van der Waals surface area (Å²) in [5.74, 6) is 0. The molecule has 0 bridgehead atoms. The van der Waals surface area contributed by atoms with Crippen molar-refractivity contribution in [2.24, 2.45) is 4.99 Å². The summed E-state index contributed by atoms with van der Waals surface area (Å²) < 4.78 is 23.8. The molecule has 0 amide bonds. The zero-order valence-corrected chi connectivity index (χ0v) is 12.4. The van der Waals surface area contributed by atoms with Crippen molar-refractivity contribution in [3.63, 3.8) is 0 Å². The van der Waals surface area contributed by atoms with Gasteiger partial charge in [0.2, 0.25) is 15.0 Å². The minimum atomic E-state index is -3.28. The van der Waals surface area contributed by atoms with Gasteiger partial charge in [-0.1, -0.05) is 28.1 Å². The molecule has 1 N–H and O–H groups in total. The van der Waals surface area contributed by atoms with Crippen molar-refractivity contribution in [2.75, 3.05) is 6.26 Å². The number of nitrogens with one attached hydrogen (secondary N) is 1. The molecule has 0 radical (unpaired) electrons. The molecule has 18 heavy (non-hydrogen) atoms. The second kappa shape index (κ2) is 4.85. The van der Waals surface area contributed by atoms with E-state index in [4.69, 9.17) is 0 Å². The molecular weight excluding hydrogens is 316 g/mol. The number of halogens is 1. The summed E-state index contributed by atoms with van der Waals surface area (Å²) in [5.41, 5.74) is 1.99. The van der Waals surface area contributed by atoms with Gasteiger partial charge < -0.3 is 5.32 Å². The zero-order valence-electron chi connectivity index (χ0n) is 10.0. The van der Waals surface area contributed by atoms with E-state index in [0.717, 1.165) is 21.9 Å². The summed E-state index contributed by atoms with van der Waals surface area (Å²) >= 11 is 3.38. The topological polar surface area (TPSA) is 58.5 Å². The number of aliphatic imine (C=N–C) groups is 1. The smallest absolute Gasteiger partial charge is 0.220 e. The molecule has 0 fully saturated rings. The second-order valence-corrected chi connectivity index (χ2v) is 6.98. The lowest BCUT2D eigenvalue weighted by Gasteiger charge is -2.19. The third-order valence-corrected chi connectivity index (χ3v) is 4.10. The highest BCUT2D eigenvalue weighted by molar-refractivity contribution is 9.10. The molecule has 1 aromatic rings. The van der Waals surface area contributed by atoms with Crippen LogP contribution in [-0.2, 0) is 9.84 Å². The van der Waals surface area contributed by atoms with Gasteiger partial charge in [0.25, 0.3) is 0 Å². The van der Waals surface area contributed by atoms with Crippen molar-refractivity contribution in [2.45, 2.75) is 13.0 Å². The molecule has 0 saturated carbocycles. The quantitative estimate of drug-likeness (QED) is 0.859. The minimum Gasteiger partial charge on any atom is -0.337 e. The Bertz CT molecular complexity index is 618. The average Bonchev–Trinajstić information content (AvgIpc) is 2.29. The molecule has 4 nitrogen and oxygen atoms in total. The Hall–Kier alpha value is -1.14. The number of hydrogen-bond donors (Lipinski definition) is 1. The van der Waals surface area contributed by atoms with E-state index in [2.05, 4.69) is 26.2 Å². The monoisotopic (exact) mass is 328 g/mol. The van der Waals surface area contributed by atoms with Crippen LogP contribution in [0.4, 0.5) is 0 Å². The zero-order chi connectivity index (χ0) is 13.3. The first-order chi connectivity index (χ1) is 8.38. The van der Waals surface area contributed by atoms with E-state index >= 15 is 0 Å². The van der Waals surface area contributed by atoms with Crippen molar-refractivity contribution in [3.8, 4) is 0 Å². The maximum Gasteiger partial charge on any atom is 0.220 e. The predicted octanol–water partition coefficient (Wildman–Crippen LogP) is 2.18. The first kappa shape index (κ1) is 13.3. The SMILES string of the molecule is CC1N=C(S(C)(=O)=O)NC=C1c1ccc(Br)cc1. The maximum absolute atomic E-state index is 11.4. The fourth-order valence-corrected chi connectivity index (χ4v) is 2.60. The van der Waals surface area contributed by atoms with E-state index in [1.165, 1.54) is 0 Å². The van der Waals surface area contributed by atoms with Crippen molar-refractivity contribution >= 4 is 36.5 Å². The molecule has 0 saturated heterocycles. The largest absolute Gasteiger partial charge is 0.337 e. The second-order valence-electron chi connectivity index (χ2n) is 4.13. The fraction of sp³-hybridized carbons (Fsp3) is 0.250. The van der Waals surface area contributed by atoms with Crippen LogP contribution in [0.2, 0.25) is 0 Å². The molecular formula is C12H13BrN2O2S. The van der Waals surface area contributed by atoms with Crippen molar-refractivity contribution in [1.82, 2.24) is 5.32 Å². The van der Waals surface area contributed by atoms with Crippen molar-refractivity contribution < 1.29 is 8.42 Å². The highest BCUT2D eigenvalue weighted by Crippen LogP contribution is 2.24. The van der Waals surface area contributed by atoms with Crippen LogP contribution in [0, 0.1) is 0 Å². The molecule has 0 aromatic heterocycles. The van der Waals surface area contributed by atoms with Crippen LogP contribution >= 0.6 is 15.9 Å². The Morgan fingerprint density at radius 2 is 1.89 bits per heavy atom. The van der Waals surface area contributed by atoms with Gasteiger partial charge in [0.15, 0.2) is 0 Å². The van der Waals surface area contributed by atoms with Gasteiger partial charge in [-0.05, 0) is 30.2 Å². The lowest BCUT2D eigenvalue weighted by molar-refractivity contribution is 0.611. The van der Waals surface area contributed by atoms with Gasteiger partial charge in [-0.3, -0.25) is 4.99 Å². The van der Waals surface area contributed by atoms with Crippen LogP contribution < -0.4 is 5.32 Å². The van der Waals surface area contributed by atoms with Crippen LogP contribution in [0.1, 0.15) is 12.5 Å². The van der Waals surface area contributed by atoms with Crippen molar-refractivity contribution in [3.05, 3.63) is 40.5 Å². The maximum atomic E-state index is 11.4. The van der Waals surface area contributed by atoms with Crippen LogP contribution in [0.15, 0.2) is 39.9 Å². The Morgan fingerprint density at radius 3 is 2.39 bits per heavy atom. The van der Waals surface area contributed by atoms with Gasteiger partial charge in [-0.2, -0.15) is 0 Å². The number of nitrogens with zero attached hydrogens (tertiary/aromatic N) is 1.